The van der Waals surface area contributed by atoms with Crippen LogP contribution < -0.4 is 0 Å². The van der Waals surface area contributed by atoms with Gasteiger partial charge in [0.15, 0.2) is 11.6 Å². The number of Topliss-reactive ketones (excluding diaryl/α,β-unsaturated/α-hetero) is 1. The highest BCUT2D eigenvalue weighted by molar-refractivity contribution is 5.86. The molecule has 1 saturated carbocycles. The van der Waals surface area contributed by atoms with Crippen LogP contribution in [0.3, 0.4) is 0 Å². The van der Waals surface area contributed by atoms with Gasteiger partial charge in [-0.2, -0.15) is 0 Å². The number of allylic oxidation sites excluding steroid dienone is 3. The molecule has 4 aliphatic carbocycles. The maximum Gasteiger partial charge on any atom is 0.172 e. The fourth-order valence-electron chi connectivity index (χ4n) is 6.89. The molecule has 0 amide bonds. The molecule has 1 N–H and O–H groups in total. The standard InChI is InChI=1S/C22H30O4/c1-14(23)22(24)10-7-19-18-4-3-15-13-21(25-11-12-26-21)9-6-16(15)17(18)5-8-20(19,22)2/h5,18-19,24H,3-4,6-13H2,1-2H3/t18?,19?,20-,22-/m0/s1. The fourth-order valence-corrected chi connectivity index (χ4v) is 6.89. The summed E-state index contributed by atoms with van der Waals surface area (Å²) in [7, 11) is 0. The van der Waals surface area contributed by atoms with Crippen molar-refractivity contribution in [3.8, 4) is 0 Å². The molecular formula is C22H30O4. The van der Waals surface area contributed by atoms with Gasteiger partial charge in [-0.05, 0) is 68.4 Å². The molecule has 2 fully saturated rings. The third-order valence-electron chi connectivity index (χ3n) is 8.38. The number of hydrogen-bond donors (Lipinski definition) is 1. The summed E-state index contributed by atoms with van der Waals surface area (Å²) in [6, 6.07) is 0. The number of fused-ring (bicyclic) bond motifs is 4. The SMILES string of the molecule is CC(=O)[C@@]1(O)CCC2C3CCC4=C(CCC5(C4)OCCO5)C3=CC[C@@]21C. The molecule has 1 spiro atoms. The Morgan fingerprint density at radius 2 is 1.96 bits per heavy atom. The van der Waals surface area contributed by atoms with E-state index < -0.39 is 5.60 Å². The van der Waals surface area contributed by atoms with Gasteiger partial charge in [0.05, 0.1) is 13.2 Å². The largest absolute Gasteiger partial charge is 0.381 e. The summed E-state index contributed by atoms with van der Waals surface area (Å²) in [4.78, 5) is 12.3. The van der Waals surface area contributed by atoms with Crippen LogP contribution in [0.2, 0.25) is 0 Å². The molecule has 5 aliphatic rings. The first-order valence-electron chi connectivity index (χ1n) is 10.3. The Kier molecular flexibility index (Phi) is 3.64. The van der Waals surface area contributed by atoms with Gasteiger partial charge < -0.3 is 14.6 Å². The minimum Gasteiger partial charge on any atom is -0.381 e. The first-order chi connectivity index (χ1) is 12.4. The van der Waals surface area contributed by atoms with Crippen LogP contribution in [0, 0.1) is 17.3 Å². The number of carbonyl (C=O) groups excluding carboxylic acids is 1. The van der Waals surface area contributed by atoms with Crippen molar-refractivity contribution in [3.05, 3.63) is 22.8 Å². The van der Waals surface area contributed by atoms with Gasteiger partial charge in [-0.15, -0.1) is 0 Å². The van der Waals surface area contributed by atoms with Crippen LogP contribution in [0.5, 0.6) is 0 Å². The van der Waals surface area contributed by atoms with E-state index in [1.807, 2.05) is 0 Å². The van der Waals surface area contributed by atoms with Gasteiger partial charge >= 0.3 is 0 Å². The van der Waals surface area contributed by atoms with Crippen molar-refractivity contribution in [1.82, 2.24) is 0 Å². The molecule has 0 bridgehead atoms. The molecule has 1 aliphatic heterocycles. The second-order valence-corrected chi connectivity index (χ2v) is 9.35. The Morgan fingerprint density at radius 1 is 1.19 bits per heavy atom. The van der Waals surface area contributed by atoms with Crippen LogP contribution in [0.25, 0.3) is 0 Å². The predicted molar refractivity (Wildman–Crippen MR) is 97.4 cm³/mol. The number of hydrogen-bond acceptors (Lipinski definition) is 4. The highest BCUT2D eigenvalue weighted by atomic mass is 16.7. The van der Waals surface area contributed by atoms with Crippen LogP contribution in [-0.2, 0) is 14.3 Å². The molecule has 0 aromatic carbocycles. The van der Waals surface area contributed by atoms with Gasteiger partial charge in [0.25, 0.3) is 0 Å². The van der Waals surface area contributed by atoms with E-state index in [0.717, 1.165) is 58.2 Å². The first kappa shape index (κ1) is 17.2. The molecule has 2 unspecified atom stereocenters. The van der Waals surface area contributed by atoms with E-state index in [-0.39, 0.29) is 17.0 Å². The molecule has 4 atom stereocenters. The molecule has 0 aromatic heterocycles. The summed E-state index contributed by atoms with van der Waals surface area (Å²) in [6.07, 6.45) is 9.92. The summed E-state index contributed by atoms with van der Waals surface area (Å²) in [5.41, 5.74) is 3.15. The molecule has 142 valence electrons. The van der Waals surface area contributed by atoms with Crippen LogP contribution >= 0.6 is 0 Å². The van der Waals surface area contributed by atoms with E-state index in [9.17, 15) is 9.90 Å². The van der Waals surface area contributed by atoms with E-state index in [4.69, 9.17) is 9.47 Å². The van der Waals surface area contributed by atoms with E-state index in [1.54, 1.807) is 12.5 Å². The third-order valence-corrected chi connectivity index (χ3v) is 8.38. The van der Waals surface area contributed by atoms with Crippen molar-refractivity contribution in [3.63, 3.8) is 0 Å². The monoisotopic (exact) mass is 358 g/mol. The maximum atomic E-state index is 12.3. The van der Waals surface area contributed by atoms with Gasteiger partial charge in [-0.1, -0.05) is 18.6 Å². The highest BCUT2D eigenvalue weighted by Gasteiger charge is 2.62. The summed E-state index contributed by atoms with van der Waals surface area (Å²) >= 11 is 0. The number of carbonyl (C=O) groups is 1. The normalized spacial score (nSPS) is 43.7. The lowest BCUT2D eigenvalue weighted by Gasteiger charge is -2.50. The summed E-state index contributed by atoms with van der Waals surface area (Å²) < 4.78 is 11.9. The number of ketones is 1. The van der Waals surface area contributed by atoms with Crippen LogP contribution in [0.1, 0.15) is 65.2 Å². The van der Waals surface area contributed by atoms with E-state index in [2.05, 4.69) is 13.0 Å². The Morgan fingerprint density at radius 3 is 2.69 bits per heavy atom. The summed E-state index contributed by atoms with van der Waals surface area (Å²) in [5, 5.41) is 11.2. The minimum atomic E-state index is -1.14. The number of aliphatic hydroxyl groups is 1. The van der Waals surface area contributed by atoms with E-state index >= 15 is 0 Å². The van der Waals surface area contributed by atoms with Crippen molar-refractivity contribution in [1.29, 1.82) is 0 Å². The van der Waals surface area contributed by atoms with Crippen molar-refractivity contribution in [2.24, 2.45) is 17.3 Å². The third kappa shape index (κ3) is 2.10. The zero-order chi connectivity index (χ0) is 18.2. The number of rotatable bonds is 1. The minimum absolute atomic E-state index is 0.0507. The first-order valence-corrected chi connectivity index (χ1v) is 10.3. The summed E-state index contributed by atoms with van der Waals surface area (Å²) in [6.45, 7) is 5.16. The van der Waals surface area contributed by atoms with E-state index in [1.165, 1.54) is 11.1 Å². The maximum absolute atomic E-state index is 12.3. The van der Waals surface area contributed by atoms with Crippen molar-refractivity contribution >= 4 is 5.78 Å². The molecule has 1 heterocycles. The molecule has 0 aromatic rings. The molecule has 4 nitrogen and oxygen atoms in total. The molecule has 26 heavy (non-hydrogen) atoms. The van der Waals surface area contributed by atoms with Gasteiger partial charge in [0.2, 0.25) is 0 Å². The van der Waals surface area contributed by atoms with Gasteiger partial charge in [0, 0.05) is 18.3 Å². The number of ether oxygens (including phenoxy) is 2. The Labute approximate surface area is 155 Å². The van der Waals surface area contributed by atoms with Gasteiger partial charge in [0.1, 0.15) is 5.60 Å². The quantitative estimate of drug-likeness (QED) is 0.777. The van der Waals surface area contributed by atoms with Crippen LogP contribution in [0.4, 0.5) is 0 Å². The average Bonchev–Trinajstić information content (AvgIpc) is 3.18. The average molecular weight is 358 g/mol. The van der Waals surface area contributed by atoms with Crippen molar-refractivity contribution < 1.29 is 19.4 Å². The second-order valence-electron chi connectivity index (χ2n) is 9.35. The molecule has 0 radical (unpaired) electrons. The van der Waals surface area contributed by atoms with Crippen LogP contribution in [-0.4, -0.2) is 35.5 Å². The zero-order valence-electron chi connectivity index (χ0n) is 16.0. The zero-order valence-corrected chi connectivity index (χ0v) is 16.0. The molecule has 1 saturated heterocycles. The smallest absolute Gasteiger partial charge is 0.172 e. The van der Waals surface area contributed by atoms with Gasteiger partial charge in [-0.3, -0.25) is 4.79 Å². The topological polar surface area (TPSA) is 55.8 Å². The highest BCUT2D eigenvalue weighted by Crippen LogP contribution is 2.63. The predicted octanol–water partition coefficient (Wildman–Crippen LogP) is 3.69. The molecular weight excluding hydrogens is 328 g/mol. The van der Waals surface area contributed by atoms with Crippen molar-refractivity contribution in [2.75, 3.05) is 13.2 Å². The lowest BCUT2D eigenvalue weighted by atomic mass is 9.55. The van der Waals surface area contributed by atoms with Gasteiger partial charge in [-0.25, -0.2) is 0 Å². The lowest BCUT2D eigenvalue weighted by molar-refractivity contribution is -0.164. The van der Waals surface area contributed by atoms with Crippen LogP contribution in [0.15, 0.2) is 22.8 Å². The Bertz CT molecular complexity index is 714. The lowest BCUT2D eigenvalue weighted by Crippen LogP contribution is -2.53. The summed E-state index contributed by atoms with van der Waals surface area (Å²) in [5.74, 6) is 0.517. The second kappa shape index (κ2) is 5.52. The van der Waals surface area contributed by atoms with E-state index in [0.29, 0.717) is 18.3 Å². The molecule has 5 rings (SSSR count). The Hall–Kier alpha value is -0.970. The Balaban J connectivity index is 1.49. The molecule has 4 heteroatoms. The van der Waals surface area contributed by atoms with Crippen molar-refractivity contribution in [2.45, 2.75) is 76.6 Å². The fraction of sp³-hybridized carbons (Fsp3) is 0.773.